The Bertz CT molecular complexity index is 582. The van der Waals surface area contributed by atoms with Gasteiger partial charge in [0.15, 0.2) is 5.78 Å². The number of aromatic nitrogens is 2. The molecule has 1 saturated carbocycles. The summed E-state index contributed by atoms with van der Waals surface area (Å²) < 4.78 is 32.1. The number of hydrogen-bond acceptors (Lipinski definition) is 4. The van der Waals surface area contributed by atoms with Crippen molar-refractivity contribution in [3.8, 4) is 0 Å². The molecule has 1 aromatic heterocycles. The number of Topliss-reactive ketones (excluding diaryl/α,β-unsaturated/α-hetero) is 1. The summed E-state index contributed by atoms with van der Waals surface area (Å²) in [5.74, 6) is -0.520. The molecule has 0 spiro atoms. The Kier molecular flexibility index (Phi) is 3.07. The number of rotatable bonds is 4. The Hall–Kier alpha value is -1.79. The van der Waals surface area contributed by atoms with Gasteiger partial charge in [-0.25, -0.2) is 8.78 Å². The zero-order valence-corrected chi connectivity index (χ0v) is 10.9. The van der Waals surface area contributed by atoms with E-state index in [4.69, 9.17) is 4.74 Å². The van der Waals surface area contributed by atoms with E-state index in [9.17, 15) is 18.4 Å². The van der Waals surface area contributed by atoms with E-state index < -0.39 is 18.1 Å². The van der Waals surface area contributed by atoms with E-state index >= 15 is 0 Å². The lowest BCUT2D eigenvalue weighted by Crippen LogP contribution is -2.18. The predicted octanol–water partition coefficient (Wildman–Crippen LogP) is 2.07. The van der Waals surface area contributed by atoms with Crippen molar-refractivity contribution < 1.29 is 23.1 Å². The van der Waals surface area contributed by atoms with Gasteiger partial charge in [-0.05, 0) is 19.3 Å². The van der Waals surface area contributed by atoms with Crippen molar-refractivity contribution in [1.29, 1.82) is 0 Å². The lowest BCUT2D eigenvalue weighted by Gasteiger charge is -2.12. The van der Waals surface area contributed by atoms with Gasteiger partial charge in [0.2, 0.25) is 0 Å². The number of halogens is 2. The van der Waals surface area contributed by atoms with Gasteiger partial charge in [-0.1, -0.05) is 0 Å². The van der Waals surface area contributed by atoms with E-state index in [1.165, 1.54) is 4.68 Å². The van der Waals surface area contributed by atoms with Crippen LogP contribution in [0.1, 0.15) is 53.9 Å². The first-order valence-corrected chi connectivity index (χ1v) is 6.60. The van der Waals surface area contributed by atoms with Crippen LogP contribution in [0, 0.1) is 5.92 Å². The molecule has 1 fully saturated rings. The van der Waals surface area contributed by atoms with E-state index in [2.05, 4.69) is 5.10 Å². The van der Waals surface area contributed by atoms with Crippen LogP contribution in [0.25, 0.3) is 0 Å². The summed E-state index contributed by atoms with van der Waals surface area (Å²) in [5, 5.41) is 3.79. The number of alkyl halides is 2. The molecule has 0 N–H and O–H groups in total. The smallest absolute Gasteiger partial charge is 0.327 e. The molecular weight excluding hydrogens is 270 g/mol. The van der Waals surface area contributed by atoms with Gasteiger partial charge in [0.05, 0.1) is 17.9 Å². The Morgan fingerprint density at radius 2 is 2.30 bits per heavy atom. The average molecular weight is 284 g/mol. The molecular formula is C13H14F2N2O3. The molecule has 0 aliphatic heterocycles. The fraction of sp³-hybridized carbons (Fsp3) is 0.615. The Labute approximate surface area is 113 Å². The summed E-state index contributed by atoms with van der Waals surface area (Å²) in [6.07, 6.45) is -1.70. The van der Waals surface area contributed by atoms with E-state index in [1.807, 2.05) is 0 Å². The van der Waals surface area contributed by atoms with Crippen LogP contribution >= 0.6 is 0 Å². The minimum absolute atomic E-state index is 0.0306. The monoisotopic (exact) mass is 284 g/mol. The zero-order chi connectivity index (χ0) is 14.4. The Morgan fingerprint density at radius 3 is 2.95 bits per heavy atom. The lowest BCUT2D eigenvalue weighted by atomic mass is 9.94. The van der Waals surface area contributed by atoms with Crippen LogP contribution in [0.4, 0.5) is 8.78 Å². The lowest BCUT2D eigenvalue weighted by molar-refractivity contribution is -0.144. The first-order valence-electron chi connectivity index (χ1n) is 6.60. The fourth-order valence-corrected chi connectivity index (χ4v) is 2.91. The van der Waals surface area contributed by atoms with Crippen molar-refractivity contribution in [3.05, 3.63) is 17.0 Å². The molecule has 1 aromatic rings. The van der Waals surface area contributed by atoms with Crippen molar-refractivity contribution in [2.75, 3.05) is 6.61 Å². The summed E-state index contributed by atoms with van der Waals surface area (Å²) in [6, 6.07) is 0. The van der Waals surface area contributed by atoms with Crippen molar-refractivity contribution >= 4 is 11.8 Å². The SMILES string of the molecule is CCOC(=O)Cn1nc(C(F)F)c2c1C1CC1CC2=O. The molecule has 2 atom stereocenters. The first kappa shape index (κ1) is 13.2. The summed E-state index contributed by atoms with van der Waals surface area (Å²) in [6.45, 7) is 1.66. The highest BCUT2D eigenvalue weighted by molar-refractivity contribution is 6.00. The molecule has 1 heterocycles. The number of ketones is 1. The second-order valence-electron chi connectivity index (χ2n) is 5.14. The quantitative estimate of drug-likeness (QED) is 0.794. The van der Waals surface area contributed by atoms with E-state index in [-0.39, 0.29) is 36.3 Å². The van der Waals surface area contributed by atoms with Crippen LogP contribution in [0.15, 0.2) is 0 Å². The molecule has 108 valence electrons. The molecule has 2 aliphatic rings. The molecule has 0 radical (unpaired) electrons. The fourth-order valence-electron chi connectivity index (χ4n) is 2.91. The molecule has 5 nitrogen and oxygen atoms in total. The third-order valence-corrected chi connectivity index (χ3v) is 3.81. The molecule has 3 rings (SSSR count). The molecule has 20 heavy (non-hydrogen) atoms. The molecule has 2 unspecified atom stereocenters. The van der Waals surface area contributed by atoms with Crippen LogP contribution in [0.2, 0.25) is 0 Å². The van der Waals surface area contributed by atoms with Gasteiger partial charge >= 0.3 is 5.97 Å². The van der Waals surface area contributed by atoms with Crippen LogP contribution in [0.5, 0.6) is 0 Å². The van der Waals surface area contributed by atoms with Crippen LogP contribution in [-0.4, -0.2) is 28.1 Å². The number of fused-ring (bicyclic) bond motifs is 3. The van der Waals surface area contributed by atoms with Gasteiger partial charge in [-0.2, -0.15) is 5.10 Å². The number of esters is 1. The van der Waals surface area contributed by atoms with Crippen LogP contribution in [-0.2, 0) is 16.1 Å². The van der Waals surface area contributed by atoms with Gasteiger partial charge < -0.3 is 4.74 Å². The second kappa shape index (κ2) is 4.64. The maximum Gasteiger partial charge on any atom is 0.327 e. The van der Waals surface area contributed by atoms with Gasteiger partial charge in [0.25, 0.3) is 6.43 Å². The highest BCUT2D eigenvalue weighted by atomic mass is 19.3. The number of ether oxygens (including phenoxy) is 1. The third kappa shape index (κ3) is 2.01. The highest BCUT2D eigenvalue weighted by Crippen LogP contribution is 2.55. The topological polar surface area (TPSA) is 61.2 Å². The minimum Gasteiger partial charge on any atom is -0.465 e. The Balaban J connectivity index is 2.01. The van der Waals surface area contributed by atoms with Gasteiger partial charge in [0.1, 0.15) is 12.2 Å². The molecule has 0 bridgehead atoms. The Morgan fingerprint density at radius 1 is 1.55 bits per heavy atom. The maximum atomic E-state index is 13.0. The van der Waals surface area contributed by atoms with Crippen molar-refractivity contribution in [1.82, 2.24) is 9.78 Å². The van der Waals surface area contributed by atoms with Crippen LogP contribution in [0.3, 0.4) is 0 Å². The zero-order valence-electron chi connectivity index (χ0n) is 10.9. The van der Waals surface area contributed by atoms with E-state index in [1.54, 1.807) is 6.92 Å². The van der Waals surface area contributed by atoms with Crippen LogP contribution < -0.4 is 0 Å². The maximum absolute atomic E-state index is 13.0. The first-order chi connectivity index (χ1) is 9.52. The summed E-state index contributed by atoms with van der Waals surface area (Å²) in [4.78, 5) is 23.5. The van der Waals surface area contributed by atoms with E-state index in [0.29, 0.717) is 12.1 Å². The molecule has 0 saturated heterocycles. The van der Waals surface area contributed by atoms with Gasteiger partial charge in [0, 0.05) is 12.3 Å². The molecule has 0 aromatic carbocycles. The summed E-state index contributed by atoms with van der Waals surface area (Å²) in [5.41, 5.74) is 0.0253. The molecule has 7 heteroatoms. The number of nitrogens with zero attached hydrogens (tertiary/aromatic N) is 2. The average Bonchev–Trinajstić information content (AvgIpc) is 3.02. The molecule has 0 amide bonds. The van der Waals surface area contributed by atoms with Gasteiger partial charge in [-0.15, -0.1) is 0 Å². The normalized spacial score (nSPS) is 23.5. The molecule has 2 aliphatic carbocycles. The predicted molar refractivity (Wildman–Crippen MR) is 63.6 cm³/mol. The standard InChI is InChI=1S/C13H14F2N2O3/c1-2-20-9(19)5-17-12-7-3-6(7)4-8(18)10(12)11(16-17)13(14)15/h6-7,13H,2-5H2,1H3. The van der Waals surface area contributed by atoms with Gasteiger partial charge in [-0.3, -0.25) is 14.3 Å². The largest absolute Gasteiger partial charge is 0.465 e. The highest BCUT2D eigenvalue weighted by Gasteiger charge is 2.50. The summed E-state index contributed by atoms with van der Waals surface area (Å²) in [7, 11) is 0. The third-order valence-electron chi connectivity index (χ3n) is 3.81. The number of carbonyl (C=O) groups is 2. The summed E-state index contributed by atoms with van der Waals surface area (Å²) >= 11 is 0. The van der Waals surface area contributed by atoms with E-state index in [0.717, 1.165) is 6.42 Å². The number of carbonyl (C=O) groups excluding carboxylic acids is 2. The second-order valence-corrected chi connectivity index (χ2v) is 5.14. The van der Waals surface area contributed by atoms with Crippen molar-refractivity contribution in [2.24, 2.45) is 5.92 Å². The number of hydrogen-bond donors (Lipinski definition) is 0. The van der Waals surface area contributed by atoms with Crippen molar-refractivity contribution in [2.45, 2.75) is 38.7 Å². The van der Waals surface area contributed by atoms with Crippen molar-refractivity contribution in [3.63, 3.8) is 0 Å². The minimum atomic E-state index is -2.81.